The lowest BCUT2D eigenvalue weighted by atomic mass is 10.1. The van der Waals surface area contributed by atoms with Gasteiger partial charge in [0.1, 0.15) is 13.2 Å². The Labute approximate surface area is 205 Å². The number of hydrogen-bond donors (Lipinski definition) is 1. The summed E-state index contributed by atoms with van der Waals surface area (Å²) in [6.07, 6.45) is 0.482. The number of carbonyl (C=O) groups is 1. The number of rotatable bonds is 6. The van der Waals surface area contributed by atoms with E-state index in [0.29, 0.717) is 54.4 Å². The summed E-state index contributed by atoms with van der Waals surface area (Å²) in [5.41, 5.74) is 3.39. The summed E-state index contributed by atoms with van der Waals surface area (Å²) >= 11 is 0. The summed E-state index contributed by atoms with van der Waals surface area (Å²) in [6.45, 7) is 1.01. The summed E-state index contributed by atoms with van der Waals surface area (Å²) in [4.78, 5) is 12.7. The third-order valence-corrected chi connectivity index (χ3v) is 5.62. The Hall–Kier alpha value is -4.92. The molecule has 0 atom stereocenters. The molecule has 2 aromatic heterocycles. The second-order valence-corrected chi connectivity index (χ2v) is 8.13. The number of nitrogens with zero attached hydrogens (tertiary/aromatic N) is 3. The minimum absolute atomic E-state index is 0.170. The fourth-order valence-corrected chi connectivity index (χ4v) is 3.81. The molecule has 0 unspecified atom stereocenters. The maximum atomic E-state index is 12.7. The molecule has 1 aliphatic heterocycles. The molecule has 5 aromatic rings. The lowest BCUT2D eigenvalue weighted by Gasteiger charge is -2.18. The molecule has 0 aliphatic carbocycles. The van der Waals surface area contributed by atoms with Crippen LogP contribution in [0.2, 0.25) is 0 Å². The van der Waals surface area contributed by atoms with Gasteiger partial charge in [-0.05, 0) is 48.0 Å². The first-order chi connectivity index (χ1) is 17.7. The highest BCUT2D eigenvalue weighted by Crippen LogP contribution is 2.34. The molecule has 1 aliphatic rings. The molecule has 0 bridgehead atoms. The minimum atomic E-state index is -0.375. The maximum Gasteiger partial charge on any atom is 0.277 e. The first-order valence-corrected chi connectivity index (χ1v) is 11.4. The van der Waals surface area contributed by atoms with Crippen molar-refractivity contribution in [2.45, 2.75) is 6.42 Å². The van der Waals surface area contributed by atoms with Gasteiger partial charge in [-0.15, -0.1) is 10.2 Å². The third-order valence-electron chi connectivity index (χ3n) is 5.62. The largest absolute Gasteiger partial charge is 0.486 e. The highest BCUT2D eigenvalue weighted by molar-refractivity contribution is 6.03. The van der Waals surface area contributed by atoms with Crippen LogP contribution in [0.4, 0.5) is 5.69 Å². The molecule has 9 heteroatoms. The standard InChI is InChI=1S/C27H20N4O5/c32-26(21-16-23(36-31-21)19-8-11-22-24(15-19)34-13-12-33-22)28-20-9-6-17(7-10-20)14-25-29-30-27(35-25)18-4-2-1-3-5-18/h1-11,15-16H,12-14H2,(H,28,32). The summed E-state index contributed by atoms with van der Waals surface area (Å²) in [5.74, 6) is 2.40. The molecule has 178 valence electrons. The van der Waals surface area contributed by atoms with Gasteiger partial charge >= 0.3 is 0 Å². The number of benzene rings is 3. The van der Waals surface area contributed by atoms with Crippen LogP contribution in [0.1, 0.15) is 21.9 Å². The number of fused-ring (bicyclic) bond motifs is 1. The van der Waals surface area contributed by atoms with Crippen molar-refractivity contribution in [3.8, 4) is 34.3 Å². The fourth-order valence-electron chi connectivity index (χ4n) is 3.81. The van der Waals surface area contributed by atoms with E-state index in [1.54, 1.807) is 6.07 Å². The van der Waals surface area contributed by atoms with Crippen molar-refractivity contribution < 1.29 is 23.2 Å². The summed E-state index contributed by atoms with van der Waals surface area (Å²) in [6, 6.07) is 24.1. The highest BCUT2D eigenvalue weighted by atomic mass is 16.6. The third kappa shape index (κ3) is 4.54. The van der Waals surface area contributed by atoms with Crippen molar-refractivity contribution in [2.24, 2.45) is 0 Å². The van der Waals surface area contributed by atoms with Crippen molar-refractivity contribution in [3.05, 3.63) is 96.0 Å². The van der Waals surface area contributed by atoms with Crippen LogP contribution in [0.3, 0.4) is 0 Å². The number of nitrogens with one attached hydrogen (secondary N) is 1. The Morgan fingerprint density at radius 2 is 1.64 bits per heavy atom. The molecule has 1 N–H and O–H groups in total. The van der Waals surface area contributed by atoms with Gasteiger partial charge in [-0.2, -0.15) is 0 Å². The molecule has 0 radical (unpaired) electrons. The number of anilines is 1. The van der Waals surface area contributed by atoms with Crippen LogP contribution in [0.15, 0.2) is 87.8 Å². The lowest BCUT2D eigenvalue weighted by molar-refractivity contribution is 0.101. The van der Waals surface area contributed by atoms with Crippen LogP contribution in [0, 0.1) is 0 Å². The van der Waals surface area contributed by atoms with Gasteiger partial charge in [0, 0.05) is 22.9 Å². The fraction of sp³-hybridized carbons (Fsp3) is 0.111. The van der Waals surface area contributed by atoms with E-state index in [-0.39, 0.29) is 11.6 Å². The zero-order chi connectivity index (χ0) is 24.3. The highest BCUT2D eigenvalue weighted by Gasteiger charge is 2.17. The van der Waals surface area contributed by atoms with E-state index >= 15 is 0 Å². The monoisotopic (exact) mass is 480 g/mol. The predicted molar refractivity (Wildman–Crippen MR) is 130 cm³/mol. The normalized spacial score (nSPS) is 12.3. The van der Waals surface area contributed by atoms with Crippen molar-refractivity contribution in [3.63, 3.8) is 0 Å². The molecule has 0 saturated carbocycles. The number of amides is 1. The van der Waals surface area contributed by atoms with E-state index in [9.17, 15) is 4.79 Å². The summed E-state index contributed by atoms with van der Waals surface area (Å²) in [5, 5.41) is 15.0. The van der Waals surface area contributed by atoms with Gasteiger partial charge in [0.05, 0.1) is 6.42 Å². The van der Waals surface area contributed by atoms with Crippen molar-refractivity contribution >= 4 is 11.6 Å². The molecule has 3 aromatic carbocycles. The average molecular weight is 480 g/mol. The Balaban J connectivity index is 1.09. The molecule has 0 fully saturated rings. The van der Waals surface area contributed by atoms with Gasteiger partial charge in [-0.3, -0.25) is 4.79 Å². The molecular weight excluding hydrogens is 460 g/mol. The molecule has 36 heavy (non-hydrogen) atoms. The Morgan fingerprint density at radius 1 is 0.833 bits per heavy atom. The maximum absolute atomic E-state index is 12.7. The summed E-state index contributed by atoms with van der Waals surface area (Å²) < 4.78 is 22.3. The van der Waals surface area contributed by atoms with Crippen LogP contribution < -0.4 is 14.8 Å². The smallest absolute Gasteiger partial charge is 0.277 e. The second kappa shape index (κ2) is 9.38. The van der Waals surface area contributed by atoms with E-state index in [1.807, 2.05) is 72.8 Å². The van der Waals surface area contributed by atoms with Crippen molar-refractivity contribution in [1.82, 2.24) is 15.4 Å². The Kier molecular flexibility index (Phi) is 5.63. The number of carbonyl (C=O) groups excluding carboxylic acids is 1. The van der Waals surface area contributed by atoms with E-state index < -0.39 is 0 Å². The summed E-state index contributed by atoms with van der Waals surface area (Å²) in [7, 11) is 0. The number of aromatic nitrogens is 3. The first-order valence-electron chi connectivity index (χ1n) is 11.4. The van der Waals surface area contributed by atoms with E-state index in [0.717, 1.165) is 16.7 Å². The SMILES string of the molecule is O=C(Nc1ccc(Cc2nnc(-c3ccccc3)o2)cc1)c1cc(-c2ccc3c(c2)OCCO3)on1. The van der Waals surface area contributed by atoms with Crippen LogP contribution in [0.25, 0.3) is 22.8 Å². The van der Waals surface area contributed by atoms with Gasteiger partial charge < -0.3 is 23.7 Å². The molecule has 9 nitrogen and oxygen atoms in total. The van der Waals surface area contributed by atoms with Gasteiger partial charge in [-0.1, -0.05) is 35.5 Å². The molecule has 1 amide bonds. The topological polar surface area (TPSA) is 113 Å². The van der Waals surface area contributed by atoms with E-state index in [1.165, 1.54) is 0 Å². The molecule has 3 heterocycles. The molecule has 6 rings (SSSR count). The number of hydrogen-bond acceptors (Lipinski definition) is 8. The Morgan fingerprint density at radius 3 is 2.47 bits per heavy atom. The molecular formula is C27H20N4O5. The van der Waals surface area contributed by atoms with Crippen molar-refractivity contribution in [2.75, 3.05) is 18.5 Å². The van der Waals surface area contributed by atoms with Crippen LogP contribution in [-0.2, 0) is 6.42 Å². The number of ether oxygens (including phenoxy) is 2. The quantitative estimate of drug-likeness (QED) is 0.361. The molecule has 0 spiro atoms. The van der Waals surface area contributed by atoms with Gasteiger partial charge in [0.25, 0.3) is 5.91 Å². The van der Waals surface area contributed by atoms with Crippen molar-refractivity contribution in [1.29, 1.82) is 0 Å². The molecule has 0 saturated heterocycles. The van der Waals surface area contributed by atoms with Crippen LogP contribution in [-0.4, -0.2) is 34.5 Å². The Bertz CT molecular complexity index is 1510. The predicted octanol–water partition coefficient (Wildman–Crippen LogP) is 5.01. The lowest BCUT2D eigenvalue weighted by Crippen LogP contribution is -2.15. The zero-order valence-electron chi connectivity index (χ0n) is 19.0. The van der Waals surface area contributed by atoms with E-state index in [4.69, 9.17) is 18.4 Å². The van der Waals surface area contributed by atoms with Crippen LogP contribution >= 0.6 is 0 Å². The first kappa shape index (κ1) is 21.6. The average Bonchev–Trinajstić information content (AvgIpc) is 3.61. The zero-order valence-corrected chi connectivity index (χ0v) is 19.0. The van der Waals surface area contributed by atoms with Crippen LogP contribution in [0.5, 0.6) is 11.5 Å². The van der Waals surface area contributed by atoms with Gasteiger partial charge in [0.15, 0.2) is 23.0 Å². The minimum Gasteiger partial charge on any atom is -0.486 e. The van der Waals surface area contributed by atoms with Gasteiger partial charge in [-0.25, -0.2) is 0 Å². The van der Waals surface area contributed by atoms with E-state index in [2.05, 4.69) is 20.7 Å². The van der Waals surface area contributed by atoms with Gasteiger partial charge in [0.2, 0.25) is 11.8 Å². The second-order valence-electron chi connectivity index (χ2n) is 8.13.